The molecule has 0 fully saturated rings. The first kappa shape index (κ1) is 34.4. The maximum atomic E-state index is 2.54. The van der Waals surface area contributed by atoms with Gasteiger partial charge in [0.1, 0.15) is 0 Å². The summed E-state index contributed by atoms with van der Waals surface area (Å²) >= 11 is 0. The summed E-state index contributed by atoms with van der Waals surface area (Å²) in [5.74, 6) is 0. The van der Waals surface area contributed by atoms with Crippen molar-refractivity contribution in [3.63, 3.8) is 0 Å². The fourth-order valence-corrected chi connectivity index (χ4v) is 8.75. The van der Waals surface area contributed by atoms with Crippen molar-refractivity contribution in [2.24, 2.45) is 0 Å². The van der Waals surface area contributed by atoms with Crippen molar-refractivity contribution in [3.05, 3.63) is 142 Å². The number of fused-ring (bicyclic) bond motifs is 2. The molecule has 258 valence electrons. The molecule has 0 unspecified atom stereocenters. The maximum absolute atomic E-state index is 2.54. The minimum absolute atomic E-state index is 0.144. The van der Waals surface area contributed by atoms with Crippen LogP contribution in [-0.4, -0.2) is 0 Å². The second-order valence-electron chi connectivity index (χ2n) is 18.1. The molecule has 0 aromatic heterocycles. The molecule has 0 saturated heterocycles. The van der Waals surface area contributed by atoms with Crippen LogP contribution in [0.3, 0.4) is 0 Å². The van der Waals surface area contributed by atoms with E-state index >= 15 is 0 Å². The lowest BCUT2D eigenvalue weighted by Gasteiger charge is -2.42. The molecule has 0 bridgehead atoms. The van der Waals surface area contributed by atoms with Gasteiger partial charge in [0.2, 0.25) is 0 Å². The minimum atomic E-state index is 0.144. The van der Waals surface area contributed by atoms with E-state index in [1.807, 2.05) is 0 Å². The molecule has 0 heterocycles. The molecular formula is C49H57N. The molecular weight excluding hydrogens is 603 g/mol. The minimum Gasteiger partial charge on any atom is -0.337 e. The first-order valence-corrected chi connectivity index (χ1v) is 18.9. The van der Waals surface area contributed by atoms with Gasteiger partial charge in [-0.25, -0.2) is 0 Å². The third kappa shape index (κ3) is 6.23. The van der Waals surface area contributed by atoms with E-state index < -0.39 is 0 Å². The van der Waals surface area contributed by atoms with E-state index in [1.54, 1.807) is 0 Å². The summed E-state index contributed by atoms with van der Waals surface area (Å²) in [5, 5.41) is 0. The quantitative estimate of drug-likeness (QED) is 0.175. The average Bonchev–Trinajstić information content (AvgIpc) is 3.08. The summed E-state index contributed by atoms with van der Waals surface area (Å²) in [5.41, 5.74) is 18.3. The fraction of sp³-hybridized carbons (Fsp3) is 0.388. The van der Waals surface area contributed by atoms with Crippen LogP contribution in [0.5, 0.6) is 0 Å². The van der Waals surface area contributed by atoms with Crippen LogP contribution in [0, 0.1) is 13.8 Å². The van der Waals surface area contributed by atoms with Crippen molar-refractivity contribution in [3.8, 4) is 22.3 Å². The zero-order valence-electron chi connectivity index (χ0n) is 32.3. The summed E-state index contributed by atoms with van der Waals surface area (Å²) in [6.07, 6.45) is 4.86. The molecule has 0 saturated carbocycles. The summed E-state index contributed by atoms with van der Waals surface area (Å²) < 4.78 is 0. The second kappa shape index (κ2) is 12.3. The third-order valence-electron chi connectivity index (χ3n) is 12.5. The highest BCUT2D eigenvalue weighted by atomic mass is 15.1. The van der Waals surface area contributed by atoms with Gasteiger partial charge in [-0.05, 0) is 136 Å². The highest BCUT2D eigenvalue weighted by molar-refractivity contribution is 5.81. The van der Waals surface area contributed by atoms with Gasteiger partial charge in [-0.3, -0.25) is 0 Å². The molecule has 0 radical (unpaired) electrons. The van der Waals surface area contributed by atoms with Crippen LogP contribution in [0.2, 0.25) is 0 Å². The monoisotopic (exact) mass is 659 g/mol. The molecule has 0 N–H and O–H groups in total. The molecule has 0 aliphatic heterocycles. The van der Waals surface area contributed by atoms with Crippen molar-refractivity contribution in [2.45, 2.75) is 123 Å². The molecule has 1 heteroatoms. The first-order chi connectivity index (χ1) is 23.6. The van der Waals surface area contributed by atoms with Gasteiger partial charge in [0, 0.05) is 17.9 Å². The second-order valence-corrected chi connectivity index (χ2v) is 18.1. The SMILES string of the molecule is Cc1ccc(N(Cc2c(-c3ccc4c(c3)C(C)(C)CCC4(C)C)cccc2-c2ccc3c(c2)C(C)(C)CCC3(C)C)c2ccc(C)cc2)cc1. The Morgan fingerprint density at radius 2 is 0.800 bits per heavy atom. The van der Waals surface area contributed by atoms with E-state index in [2.05, 4.69) is 177 Å². The predicted molar refractivity (Wildman–Crippen MR) is 216 cm³/mol. The van der Waals surface area contributed by atoms with E-state index in [4.69, 9.17) is 0 Å². The molecule has 5 aromatic rings. The number of hydrogen-bond donors (Lipinski definition) is 0. The van der Waals surface area contributed by atoms with Crippen LogP contribution < -0.4 is 4.90 Å². The number of anilines is 2. The van der Waals surface area contributed by atoms with E-state index in [0.717, 1.165) is 6.54 Å². The van der Waals surface area contributed by atoms with Gasteiger partial charge < -0.3 is 4.90 Å². The van der Waals surface area contributed by atoms with Crippen LogP contribution in [-0.2, 0) is 28.2 Å². The zero-order chi connectivity index (χ0) is 35.6. The van der Waals surface area contributed by atoms with Gasteiger partial charge >= 0.3 is 0 Å². The smallest absolute Gasteiger partial charge is 0.0494 e. The van der Waals surface area contributed by atoms with Gasteiger partial charge in [-0.15, -0.1) is 0 Å². The summed E-state index contributed by atoms with van der Waals surface area (Å²) in [6, 6.07) is 39.9. The Kier molecular flexibility index (Phi) is 8.45. The van der Waals surface area contributed by atoms with E-state index in [9.17, 15) is 0 Å². The standard InChI is InChI=1S/C49H57N/c1-33-14-20-37(21-15-33)50(38-22-16-34(2)17-23-38)32-41-39(35-18-24-42-44(30-35)48(7,8)28-26-46(42,3)4)12-11-13-40(41)36-19-25-43-45(31-36)49(9,10)29-27-47(43,5)6/h11-25,30-31H,26-29,32H2,1-10H3. The van der Waals surface area contributed by atoms with Crippen molar-refractivity contribution >= 4 is 11.4 Å². The molecule has 1 nitrogen and oxygen atoms in total. The maximum Gasteiger partial charge on any atom is 0.0494 e. The Balaban J connectivity index is 1.46. The molecule has 0 amide bonds. The van der Waals surface area contributed by atoms with Crippen LogP contribution in [0.1, 0.15) is 120 Å². The lowest BCUT2D eigenvalue weighted by Crippen LogP contribution is -2.33. The molecule has 0 spiro atoms. The van der Waals surface area contributed by atoms with E-state index in [1.165, 1.54) is 98.3 Å². The Labute approximate surface area is 302 Å². The molecule has 5 aromatic carbocycles. The van der Waals surface area contributed by atoms with Crippen molar-refractivity contribution in [1.29, 1.82) is 0 Å². The third-order valence-corrected chi connectivity index (χ3v) is 12.5. The average molecular weight is 660 g/mol. The van der Waals surface area contributed by atoms with E-state index in [0.29, 0.717) is 0 Å². The van der Waals surface area contributed by atoms with Gasteiger partial charge in [-0.2, -0.15) is 0 Å². The van der Waals surface area contributed by atoms with Crippen molar-refractivity contribution in [1.82, 2.24) is 0 Å². The first-order valence-electron chi connectivity index (χ1n) is 18.9. The Hall–Kier alpha value is -4.10. The molecule has 7 rings (SSSR count). The zero-order valence-corrected chi connectivity index (χ0v) is 32.3. The number of benzene rings is 5. The van der Waals surface area contributed by atoms with Gasteiger partial charge in [0.05, 0.1) is 0 Å². The van der Waals surface area contributed by atoms with Gasteiger partial charge in [-0.1, -0.05) is 145 Å². The molecule has 2 aliphatic rings. The normalized spacial score (nSPS) is 18.2. The molecule has 50 heavy (non-hydrogen) atoms. The summed E-state index contributed by atoms with van der Waals surface area (Å²) in [7, 11) is 0. The lowest BCUT2D eigenvalue weighted by molar-refractivity contribution is 0.332. The molecule has 0 atom stereocenters. The Bertz CT molecular complexity index is 1890. The van der Waals surface area contributed by atoms with Gasteiger partial charge in [0.15, 0.2) is 0 Å². The van der Waals surface area contributed by atoms with Crippen LogP contribution >= 0.6 is 0 Å². The lowest BCUT2D eigenvalue weighted by atomic mass is 9.62. The fourth-order valence-electron chi connectivity index (χ4n) is 8.75. The number of nitrogens with zero attached hydrogens (tertiary/aromatic N) is 1. The molecule has 2 aliphatic carbocycles. The number of hydrogen-bond acceptors (Lipinski definition) is 1. The number of rotatable bonds is 6. The Morgan fingerprint density at radius 1 is 0.440 bits per heavy atom. The summed E-state index contributed by atoms with van der Waals surface area (Å²) in [6.45, 7) is 24.6. The van der Waals surface area contributed by atoms with Gasteiger partial charge in [0.25, 0.3) is 0 Å². The van der Waals surface area contributed by atoms with E-state index in [-0.39, 0.29) is 21.7 Å². The highest BCUT2D eigenvalue weighted by Crippen LogP contribution is 2.49. The van der Waals surface area contributed by atoms with Crippen molar-refractivity contribution in [2.75, 3.05) is 4.90 Å². The topological polar surface area (TPSA) is 3.24 Å². The predicted octanol–water partition coefficient (Wildman–Crippen LogP) is 13.7. The van der Waals surface area contributed by atoms with Crippen molar-refractivity contribution < 1.29 is 0 Å². The van der Waals surface area contributed by atoms with Crippen LogP contribution in [0.4, 0.5) is 11.4 Å². The number of aryl methyl sites for hydroxylation is 2. The van der Waals surface area contributed by atoms with Crippen LogP contribution in [0.25, 0.3) is 22.3 Å². The summed E-state index contributed by atoms with van der Waals surface area (Å²) in [4.78, 5) is 2.51. The van der Waals surface area contributed by atoms with Crippen LogP contribution in [0.15, 0.2) is 103 Å². The Morgan fingerprint density at radius 3 is 1.18 bits per heavy atom. The largest absolute Gasteiger partial charge is 0.337 e. The highest BCUT2D eigenvalue weighted by Gasteiger charge is 2.38.